The fourth-order valence-corrected chi connectivity index (χ4v) is 3.40. The second-order valence-electron chi connectivity index (χ2n) is 6.95. The van der Waals surface area contributed by atoms with Crippen LogP contribution in [0.3, 0.4) is 0 Å². The highest BCUT2D eigenvalue weighted by Crippen LogP contribution is 2.37. The second-order valence-corrected chi connectivity index (χ2v) is 6.95. The smallest absolute Gasteiger partial charge is 0.124 e. The Labute approximate surface area is 127 Å². The molecule has 2 N–H and O–H groups in total. The molecule has 0 aliphatic heterocycles. The summed E-state index contributed by atoms with van der Waals surface area (Å²) in [6.07, 6.45) is 3.75. The summed E-state index contributed by atoms with van der Waals surface area (Å²) in [6.45, 7) is 8.66. The second kappa shape index (κ2) is 6.78. The fourth-order valence-electron chi connectivity index (χ4n) is 3.40. The van der Waals surface area contributed by atoms with Gasteiger partial charge in [0.25, 0.3) is 0 Å². The Bertz CT molecular complexity index is 472. The van der Waals surface area contributed by atoms with E-state index in [1.165, 1.54) is 25.0 Å². The third kappa shape index (κ3) is 3.97. The van der Waals surface area contributed by atoms with Crippen LogP contribution in [0, 0.1) is 23.6 Å². The minimum Gasteiger partial charge on any atom is -0.490 e. The molecule has 1 fully saturated rings. The summed E-state index contributed by atoms with van der Waals surface area (Å²) in [5, 5.41) is 0. The van der Waals surface area contributed by atoms with E-state index in [1.807, 2.05) is 6.92 Å². The van der Waals surface area contributed by atoms with Gasteiger partial charge in [-0.25, -0.2) is 4.39 Å². The SMILES string of the molecule is CC1CCC(C(C)C)C(Oc2ccc(F)cc2[C@@H](C)N)C1. The van der Waals surface area contributed by atoms with E-state index in [9.17, 15) is 4.39 Å². The topological polar surface area (TPSA) is 35.2 Å². The maximum absolute atomic E-state index is 13.4. The van der Waals surface area contributed by atoms with Crippen molar-refractivity contribution in [2.24, 2.45) is 23.5 Å². The summed E-state index contributed by atoms with van der Waals surface area (Å²) in [5.74, 6) is 2.33. The average Bonchev–Trinajstić information content (AvgIpc) is 2.40. The number of rotatable bonds is 4. The summed E-state index contributed by atoms with van der Waals surface area (Å²) in [7, 11) is 0. The van der Waals surface area contributed by atoms with E-state index in [1.54, 1.807) is 6.07 Å². The van der Waals surface area contributed by atoms with Crippen molar-refractivity contribution in [1.29, 1.82) is 0 Å². The highest BCUT2D eigenvalue weighted by Gasteiger charge is 2.32. The zero-order valence-electron chi connectivity index (χ0n) is 13.6. The van der Waals surface area contributed by atoms with Crippen molar-refractivity contribution >= 4 is 0 Å². The van der Waals surface area contributed by atoms with E-state index in [0.717, 1.165) is 17.7 Å². The quantitative estimate of drug-likeness (QED) is 0.874. The van der Waals surface area contributed by atoms with Crippen LogP contribution in [0.5, 0.6) is 5.75 Å². The number of hydrogen-bond donors (Lipinski definition) is 1. The maximum atomic E-state index is 13.4. The fraction of sp³-hybridized carbons (Fsp3) is 0.667. The van der Waals surface area contributed by atoms with Crippen LogP contribution in [0.1, 0.15) is 58.6 Å². The normalized spacial score (nSPS) is 27.7. The van der Waals surface area contributed by atoms with Crippen LogP contribution in [-0.4, -0.2) is 6.10 Å². The van der Waals surface area contributed by atoms with Gasteiger partial charge in [0.05, 0.1) is 0 Å². The van der Waals surface area contributed by atoms with Gasteiger partial charge in [0, 0.05) is 11.6 Å². The highest BCUT2D eigenvalue weighted by atomic mass is 19.1. The van der Waals surface area contributed by atoms with Crippen molar-refractivity contribution < 1.29 is 9.13 Å². The Morgan fingerprint density at radius 1 is 1.24 bits per heavy atom. The molecule has 2 nitrogen and oxygen atoms in total. The number of hydrogen-bond acceptors (Lipinski definition) is 2. The van der Waals surface area contributed by atoms with Crippen LogP contribution in [0.15, 0.2) is 18.2 Å². The lowest BCUT2D eigenvalue weighted by atomic mass is 9.75. The van der Waals surface area contributed by atoms with Gasteiger partial charge in [0.2, 0.25) is 0 Å². The van der Waals surface area contributed by atoms with E-state index < -0.39 is 0 Å². The number of ether oxygens (including phenoxy) is 1. The van der Waals surface area contributed by atoms with Crippen molar-refractivity contribution in [3.63, 3.8) is 0 Å². The molecule has 2 rings (SSSR count). The van der Waals surface area contributed by atoms with Crippen molar-refractivity contribution in [2.75, 3.05) is 0 Å². The molecule has 0 radical (unpaired) electrons. The Hall–Kier alpha value is -1.09. The summed E-state index contributed by atoms with van der Waals surface area (Å²) in [6, 6.07) is 4.45. The van der Waals surface area contributed by atoms with Gasteiger partial charge >= 0.3 is 0 Å². The van der Waals surface area contributed by atoms with Crippen LogP contribution < -0.4 is 10.5 Å². The van der Waals surface area contributed by atoms with Gasteiger partial charge in [0.1, 0.15) is 17.7 Å². The predicted molar refractivity (Wildman–Crippen MR) is 84.8 cm³/mol. The van der Waals surface area contributed by atoms with Gasteiger partial charge in [0.15, 0.2) is 0 Å². The first-order valence-corrected chi connectivity index (χ1v) is 8.10. The van der Waals surface area contributed by atoms with E-state index in [0.29, 0.717) is 17.8 Å². The molecule has 1 aliphatic rings. The van der Waals surface area contributed by atoms with Gasteiger partial charge in [-0.3, -0.25) is 0 Å². The maximum Gasteiger partial charge on any atom is 0.124 e. The zero-order valence-corrected chi connectivity index (χ0v) is 13.6. The molecule has 1 aromatic rings. The Morgan fingerprint density at radius 2 is 1.95 bits per heavy atom. The van der Waals surface area contributed by atoms with Crippen molar-refractivity contribution in [3.8, 4) is 5.75 Å². The lowest BCUT2D eigenvalue weighted by Crippen LogP contribution is -2.36. The lowest BCUT2D eigenvalue weighted by Gasteiger charge is -2.37. The van der Waals surface area contributed by atoms with Crippen LogP contribution >= 0.6 is 0 Å². The van der Waals surface area contributed by atoms with Gasteiger partial charge < -0.3 is 10.5 Å². The molecule has 3 heteroatoms. The van der Waals surface area contributed by atoms with Gasteiger partial charge in [-0.1, -0.05) is 27.2 Å². The standard InChI is InChI=1S/C18H28FNO/c1-11(2)15-7-5-12(3)9-18(15)21-17-8-6-14(19)10-16(17)13(4)20/h6,8,10-13,15,18H,5,7,9,20H2,1-4H3/t12?,13-,15?,18?/m1/s1. The Morgan fingerprint density at radius 3 is 2.57 bits per heavy atom. The molecule has 1 aromatic carbocycles. The molecule has 21 heavy (non-hydrogen) atoms. The van der Waals surface area contributed by atoms with Crippen LogP contribution in [0.2, 0.25) is 0 Å². The molecule has 0 aromatic heterocycles. The molecule has 0 bridgehead atoms. The lowest BCUT2D eigenvalue weighted by molar-refractivity contribution is 0.0450. The first kappa shape index (κ1) is 16.3. The molecule has 4 atom stereocenters. The monoisotopic (exact) mass is 293 g/mol. The molecule has 0 amide bonds. The molecule has 0 spiro atoms. The van der Waals surface area contributed by atoms with E-state index in [4.69, 9.17) is 10.5 Å². The molecular formula is C18H28FNO. The third-order valence-corrected chi connectivity index (χ3v) is 4.70. The molecule has 3 unspecified atom stereocenters. The van der Waals surface area contributed by atoms with Gasteiger partial charge in [-0.2, -0.15) is 0 Å². The Balaban J connectivity index is 2.22. The van der Waals surface area contributed by atoms with Crippen LogP contribution in [0.4, 0.5) is 4.39 Å². The molecule has 0 saturated heterocycles. The van der Waals surface area contributed by atoms with Crippen LogP contribution in [0.25, 0.3) is 0 Å². The minimum absolute atomic E-state index is 0.205. The first-order chi connectivity index (χ1) is 9.88. The van der Waals surface area contributed by atoms with E-state index >= 15 is 0 Å². The first-order valence-electron chi connectivity index (χ1n) is 8.10. The largest absolute Gasteiger partial charge is 0.490 e. The van der Waals surface area contributed by atoms with Gasteiger partial charge in [-0.05, 0) is 55.7 Å². The summed E-state index contributed by atoms with van der Waals surface area (Å²) in [5.41, 5.74) is 6.72. The van der Waals surface area contributed by atoms with Crippen molar-refractivity contribution in [3.05, 3.63) is 29.6 Å². The number of benzene rings is 1. The van der Waals surface area contributed by atoms with Crippen LogP contribution in [-0.2, 0) is 0 Å². The van der Waals surface area contributed by atoms with Crippen molar-refractivity contribution in [1.82, 2.24) is 0 Å². The van der Waals surface area contributed by atoms with Crippen molar-refractivity contribution in [2.45, 2.75) is 59.1 Å². The predicted octanol–water partition coefficient (Wildman–Crippen LogP) is 4.69. The molecular weight excluding hydrogens is 265 g/mol. The molecule has 1 saturated carbocycles. The van der Waals surface area contributed by atoms with E-state index in [-0.39, 0.29) is 18.0 Å². The number of halogens is 1. The van der Waals surface area contributed by atoms with Gasteiger partial charge in [-0.15, -0.1) is 0 Å². The highest BCUT2D eigenvalue weighted by molar-refractivity contribution is 5.36. The van der Waals surface area contributed by atoms with E-state index in [2.05, 4.69) is 20.8 Å². The molecule has 1 aliphatic carbocycles. The minimum atomic E-state index is -0.257. The zero-order chi connectivity index (χ0) is 15.6. The Kier molecular flexibility index (Phi) is 5.26. The molecule has 0 heterocycles. The average molecular weight is 293 g/mol. The number of nitrogens with two attached hydrogens (primary N) is 1. The summed E-state index contributed by atoms with van der Waals surface area (Å²) in [4.78, 5) is 0. The third-order valence-electron chi connectivity index (χ3n) is 4.70. The summed E-state index contributed by atoms with van der Waals surface area (Å²) < 4.78 is 19.7. The summed E-state index contributed by atoms with van der Waals surface area (Å²) >= 11 is 0. The molecule has 118 valence electrons.